The third kappa shape index (κ3) is 1.66. The van der Waals surface area contributed by atoms with Crippen molar-refractivity contribution in [1.29, 1.82) is 0 Å². The van der Waals surface area contributed by atoms with Crippen LogP contribution in [0.1, 0.15) is 5.56 Å². The van der Waals surface area contributed by atoms with Crippen molar-refractivity contribution >= 4 is 21.6 Å². The van der Waals surface area contributed by atoms with Crippen molar-refractivity contribution in [3.8, 4) is 11.4 Å². The minimum Gasteiger partial charge on any atom is -0.306 e. The van der Waals surface area contributed by atoms with E-state index in [9.17, 15) is 4.79 Å². The Labute approximate surface area is 102 Å². The van der Waals surface area contributed by atoms with Crippen molar-refractivity contribution in [2.45, 2.75) is 6.92 Å². The van der Waals surface area contributed by atoms with Gasteiger partial charge in [0.15, 0.2) is 0 Å². The Balaban J connectivity index is 2.30. The first-order chi connectivity index (χ1) is 8.25. The van der Waals surface area contributed by atoms with Crippen LogP contribution in [0.4, 0.5) is 0 Å². The van der Waals surface area contributed by atoms with E-state index in [1.54, 1.807) is 0 Å². The predicted molar refractivity (Wildman–Crippen MR) is 70.4 cm³/mol. The van der Waals surface area contributed by atoms with Gasteiger partial charge >= 0.3 is 0 Å². The largest absolute Gasteiger partial charge is 0.306 e. The third-order valence-electron chi connectivity index (χ3n) is 2.68. The summed E-state index contributed by atoms with van der Waals surface area (Å²) in [6, 6.07) is 9.67. The zero-order valence-corrected chi connectivity index (χ0v) is 10.0. The van der Waals surface area contributed by atoms with Gasteiger partial charge in [-0.2, -0.15) is 0 Å². The number of benzene rings is 1. The predicted octanol–water partition coefficient (Wildman–Crippen LogP) is 2.96. The molecule has 0 saturated carbocycles. The van der Waals surface area contributed by atoms with Crippen molar-refractivity contribution in [2.75, 3.05) is 0 Å². The van der Waals surface area contributed by atoms with Gasteiger partial charge in [-0.15, -0.1) is 11.3 Å². The molecule has 0 atom stereocenters. The number of nitrogens with one attached hydrogen (secondary N) is 1. The second kappa shape index (κ2) is 3.82. The van der Waals surface area contributed by atoms with E-state index in [-0.39, 0.29) is 5.56 Å². The van der Waals surface area contributed by atoms with Crippen LogP contribution in [-0.4, -0.2) is 9.97 Å². The van der Waals surface area contributed by atoms with Gasteiger partial charge in [0.1, 0.15) is 10.7 Å². The van der Waals surface area contributed by atoms with Crippen LogP contribution in [-0.2, 0) is 0 Å². The Morgan fingerprint density at radius 3 is 2.76 bits per heavy atom. The van der Waals surface area contributed by atoms with Crippen molar-refractivity contribution in [3.05, 3.63) is 51.6 Å². The number of aryl methyl sites for hydroxylation is 1. The summed E-state index contributed by atoms with van der Waals surface area (Å²) in [6.45, 7) is 1.93. The number of nitrogens with zero attached hydrogens (tertiary/aromatic N) is 1. The smallest absolute Gasteiger partial charge is 0.260 e. The van der Waals surface area contributed by atoms with E-state index in [0.717, 1.165) is 16.0 Å². The van der Waals surface area contributed by atoms with Gasteiger partial charge in [-0.25, -0.2) is 4.98 Å². The second-order valence-electron chi connectivity index (χ2n) is 3.88. The van der Waals surface area contributed by atoms with Crippen LogP contribution in [0.25, 0.3) is 21.6 Å². The Hall–Kier alpha value is -1.94. The minimum absolute atomic E-state index is 0.0624. The molecule has 3 nitrogen and oxygen atoms in total. The zero-order valence-electron chi connectivity index (χ0n) is 9.23. The van der Waals surface area contributed by atoms with Crippen LogP contribution < -0.4 is 5.56 Å². The SMILES string of the molecule is Cc1csc2nc(-c3ccccc3)[nH]c(=O)c12. The molecule has 3 aromatic rings. The molecule has 0 bridgehead atoms. The summed E-state index contributed by atoms with van der Waals surface area (Å²) in [5.74, 6) is 0.630. The number of thiophene rings is 1. The Morgan fingerprint density at radius 2 is 2.00 bits per heavy atom. The molecule has 1 N–H and O–H groups in total. The normalized spacial score (nSPS) is 10.9. The lowest BCUT2D eigenvalue weighted by Crippen LogP contribution is -2.08. The molecule has 0 fully saturated rings. The lowest BCUT2D eigenvalue weighted by atomic mass is 10.2. The van der Waals surface area contributed by atoms with E-state index in [1.165, 1.54) is 11.3 Å². The molecular weight excluding hydrogens is 232 g/mol. The lowest BCUT2D eigenvalue weighted by molar-refractivity contribution is 1.18. The maximum atomic E-state index is 12.0. The van der Waals surface area contributed by atoms with E-state index < -0.39 is 0 Å². The molecule has 4 heteroatoms. The van der Waals surface area contributed by atoms with Gasteiger partial charge in [0.2, 0.25) is 0 Å². The van der Waals surface area contributed by atoms with Gasteiger partial charge in [-0.05, 0) is 17.9 Å². The van der Waals surface area contributed by atoms with E-state index >= 15 is 0 Å². The number of aromatic amines is 1. The first kappa shape index (κ1) is 10.2. The molecule has 3 rings (SSSR count). The molecular formula is C13H10N2OS. The maximum Gasteiger partial charge on any atom is 0.260 e. The number of hydrogen-bond acceptors (Lipinski definition) is 3. The number of aromatic nitrogens is 2. The van der Waals surface area contributed by atoms with Crippen LogP contribution in [0.2, 0.25) is 0 Å². The first-order valence-electron chi connectivity index (χ1n) is 5.29. The fraction of sp³-hybridized carbons (Fsp3) is 0.0769. The molecule has 2 aromatic heterocycles. The number of fused-ring (bicyclic) bond motifs is 1. The molecule has 0 aliphatic heterocycles. The van der Waals surface area contributed by atoms with Crippen LogP contribution in [0.15, 0.2) is 40.5 Å². The van der Waals surface area contributed by atoms with Gasteiger partial charge in [0, 0.05) is 5.56 Å². The topological polar surface area (TPSA) is 45.8 Å². The van der Waals surface area contributed by atoms with Crippen LogP contribution >= 0.6 is 11.3 Å². The molecule has 17 heavy (non-hydrogen) atoms. The summed E-state index contributed by atoms with van der Waals surface area (Å²) in [5.41, 5.74) is 1.85. The summed E-state index contributed by atoms with van der Waals surface area (Å²) in [5, 5.41) is 2.66. The highest BCUT2D eigenvalue weighted by molar-refractivity contribution is 7.16. The standard InChI is InChI=1S/C13H10N2OS/c1-8-7-17-13-10(8)12(16)14-11(15-13)9-5-3-2-4-6-9/h2-7H,1H3,(H,14,15,16). The highest BCUT2D eigenvalue weighted by Gasteiger charge is 2.09. The average molecular weight is 242 g/mol. The number of hydrogen-bond donors (Lipinski definition) is 1. The fourth-order valence-corrected chi connectivity index (χ4v) is 2.74. The first-order valence-corrected chi connectivity index (χ1v) is 6.17. The second-order valence-corrected chi connectivity index (χ2v) is 4.74. The zero-order chi connectivity index (χ0) is 11.8. The number of H-pyrrole nitrogens is 1. The van der Waals surface area contributed by atoms with Crippen molar-refractivity contribution in [3.63, 3.8) is 0 Å². The average Bonchev–Trinajstić information content (AvgIpc) is 2.73. The monoisotopic (exact) mass is 242 g/mol. The Morgan fingerprint density at radius 1 is 1.24 bits per heavy atom. The summed E-state index contributed by atoms with van der Waals surface area (Å²) in [7, 11) is 0. The quantitative estimate of drug-likeness (QED) is 0.713. The summed E-state index contributed by atoms with van der Waals surface area (Å²) in [6.07, 6.45) is 0. The van der Waals surface area contributed by atoms with E-state index in [4.69, 9.17) is 0 Å². The summed E-state index contributed by atoms with van der Waals surface area (Å²) in [4.78, 5) is 20.1. The highest BCUT2D eigenvalue weighted by Crippen LogP contribution is 2.22. The van der Waals surface area contributed by atoms with E-state index in [0.29, 0.717) is 11.2 Å². The highest BCUT2D eigenvalue weighted by atomic mass is 32.1. The molecule has 0 saturated heterocycles. The lowest BCUT2D eigenvalue weighted by Gasteiger charge is -2.00. The Bertz CT molecular complexity index is 728. The van der Waals surface area contributed by atoms with Gasteiger partial charge < -0.3 is 4.98 Å². The van der Waals surface area contributed by atoms with Crippen LogP contribution in [0.5, 0.6) is 0 Å². The van der Waals surface area contributed by atoms with Gasteiger partial charge in [0.05, 0.1) is 5.39 Å². The van der Waals surface area contributed by atoms with Crippen LogP contribution in [0.3, 0.4) is 0 Å². The Kier molecular flexibility index (Phi) is 2.30. The molecule has 0 unspecified atom stereocenters. The molecule has 0 amide bonds. The third-order valence-corrected chi connectivity index (χ3v) is 3.67. The molecule has 1 aromatic carbocycles. The molecule has 84 valence electrons. The molecule has 0 aliphatic carbocycles. The van der Waals surface area contributed by atoms with Gasteiger partial charge in [0.25, 0.3) is 5.56 Å². The van der Waals surface area contributed by atoms with Crippen molar-refractivity contribution in [1.82, 2.24) is 9.97 Å². The maximum absolute atomic E-state index is 12.0. The van der Waals surface area contributed by atoms with Crippen molar-refractivity contribution in [2.24, 2.45) is 0 Å². The van der Waals surface area contributed by atoms with Gasteiger partial charge in [-0.1, -0.05) is 30.3 Å². The van der Waals surface area contributed by atoms with Gasteiger partial charge in [-0.3, -0.25) is 4.79 Å². The number of rotatable bonds is 1. The fourth-order valence-electron chi connectivity index (χ4n) is 1.82. The van der Waals surface area contributed by atoms with Crippen molar-refractivity contribution < 1.29 is 0 Å². The molecule has 2 heterocycles. The van der Waals surface area contributed by atoms with E-state index in [2.05, 4.69) is 9.97 Å². The minimum atomic E-state index is -0.0624. The van der Waals surface area contributed by atoms with Crippen LogP contribution in [0, 0.1) is 6.92 Å². The summed E-state index contributed by atoms with van der Waals surface area (Å²) < 4.78 is 0. The molecule has 0 radical (unpaired) electrons. The van der Waals surface area contributed by atoms with E-state index in [1.807, 2.05) is 42.6 Å². The molecule has 0 spiro atoms. The summed E-state index contributed by atoms with van der Waals surface area (Å²) >= 11 is 1.51. The molecule has 0 aliphatic rings.